The smallest absolute Gasteiger partial charge is 0.274 e. The van der Waals surface area contributed by atoms with Gasteiger partial charge in [-0.15, -0.1) is 11.3 Å². The lowest BCUT2D eigenvalue weighted by atomic mass is 10.1. The molecule has 0 saturated heterocycles. The highest BCUT2D eigenvalue weighted by Gasteiger charge is 2.20. The molecule has 1 atom stereocenters. The van der Waals surface area contributed by atoms with Crippen LogP contribution in [0.2, 0.25) is 0 Å². The SMILES string of the molecule is O=C(NC(c1ccc(F)cc1)c1cccs1)c1cn[nH]n1. The number of hydrogen-bond donors (Lipinski definition) is 2. The van der Waals surface area contributed by atoms with Gasteiger partial charge in [0.25, 0.3) is 5.91 Å². The average molecular weight is 302 g/mol. The maximum absolute atomic E-state index is 13.1. The van der Waals surface area contributed by atoms with Gasteiger partial charge in [-0.1, -0.05) is 18.2 Å². The molecule has 1 unspecified atom stereocenters. The molecule has 21 heavy (non-hydrogen) atoms. The van der Waals surface area contributed by atoms with Crippen molar-refractivity contribution >= 4 is 17.2 Å². The lowest BCUT2D eigenvalue weighted by Gasteiger charge is -2.17. The Morgan fingerprint density at radius 3 is 2.71 bits per heavy atom. The number of carbonyl (C=O) groups is 1. The van der Waals surface area contributed by atoms with Gasteiger partial charge < -0.3 is 5.32 Å². The van der Waals surface area contributed by atoms with Crippen molar-refractivity contribution in [2.45, 2.75) is 6.04 Å². The van der Waals surface area contributed by atoms with Crippen molar-refractivity contribution in [3.05, 3.63) is 69.9 Å². The van der Waals surface area contributed by atoms with Gasteiger partial charge in [-0.05, 0) is 29.1 Å². The van der Waals surface area contributed by atoms with Gasteiger partial charge in [0.1, 0.15) is 5.82 Å². The van der Waals surface area contributed by atoms with Gasteiger partial charge in [0.15, 0.2) is 5.69 Å². The molecular weight excluding hydrogens is 291 g/mol. The molecule has 0 fully saturated rings. The van der Waals surface area contributed by atoms with Gasteiger partial charge in [-0.25, -0.2) is 4.39 Å². The van der Waals surface area contributed by atoms with Gasteiger partial charge in [-0.2, -0.15) is 15.4 Å². The van der Waals surface area contributed by atoms with Crippen LogP contribution in [-0.4, -0.2) is 21.3 Å². The zero-order chi connectivity index (χ0) is 14.7. The predicted octanol–water partition coefficient (Wildman–Crippen LogP) is 2.52. The van der Waals surface area contributed by atoms with Crippen LogP contribution in [0.3, 0.4) is 0 Å². The van der Waals surface area contributed by atoms with Gasteiger partial charge in [-0.3, -0.25) is 4.79 Å². The van der Waals surface area contributed by atoms with E-state index in [-0.39, 0.29) is 23.5 Å². The summed E-state index contributed by atoms with van der Waals surface area (Å²) in [5.74, 6) is -0.655. The lowest BCUT2D eigenvalue weighted by molar-refractivity contribution is 0.0938. The number of nitrogens with one attached hydrogen (secondary N) is 2. The second kappa shape index (κ2) is 5.84. The molecule has 5 nitrogen and oxygen atoms in total. The van der Waals surface area contributed by atoms with E-state index >= 15 is 0 Å². The van der Waals surface area contributed by atoms with E-state index in [1.54, 1.807) is 12.1 Å². The number of thiophene rings is 1. The highest BCUT2D eigenvalue weighted by Crippen LogP contribution is 2.26. The number of halogens is 1. The Balaban J connectivity index is 1.90. The summed E-state index contributed by atoms with van der Waals surface area (Å²) in [6.45, 7) is 0. The standard InChI is InChI=1S/C14H11FN4OS/c15-10-5-3-9(4-6-10)13(12-2-1-7-21-12)17-14(20)11-8-16-19-18-11/h1-8,13H,(H,17,20)(H,16,18,19). The normalized spacial score (nSPS) is 12.0. The first-order chi connectivity index (χ1) is 10.2. The molecule has 7 heteroatoms. The van der Waals surface area contributed by atoms with E-state index in [2.05, 4.69) is 20.7 Å². The van der Waals surface area contributed by atoms with Crippen molar-refractivity contribution in [3.63, 3.8) is 0 Å². The number of amides is 1. The molecule has 3 rings (SSSR count). The number of hydrogen-bond acceptors (Lipinski definition) is 4. The number of benzene rings is 1. The third-order valence-corrected chi connectivity index (χ3v) is 3.89. The third kappa shape index (κ3) is 2.97. The van der Waals surface area contributed by atoms with Crippen molar-refractivity contribution in [2.24, 2.45) is 0 Å². The number of aromatic amines is 1. The van der Waals surface area contributed by atoms with Crippen molar-refractivity contribution in [2.75, 3.05) is 0 Å². The number of rotatable bonds is 4. The van der Waals surface area contributed by atoms with Gasteiger partial charge in [0.05, 0.1) is 12.2 Å². The van der Waals surface area contributed by atoms with Crippen LogP contribution in [0.1, 0.15) is 27.0 Å². The van der Waals surface area contributed by atoms with Crippen LogP contribution in [0.5, 0.6) is 0 Å². The molecule has 2 heterocycles. The van der Waals surface area contributed by atoms with Crippen LogP contribution >= 0.6 is 11.3 Å². The Kier molecular flexibility index (Phi) is 3.74. The first kappa shape index (κ1) is 13.4. The van der Waals surface area contributed by atoms with Crippen molar-refractivity contribution < 1.29 is 9.18 Å². The zero-order valence-corrected chi connectivity index (χ0v) is 11.6. The molecule has 2 N–H and O–H groups in total. The van der Waals surface area contributed by atoms with E-state index < -0.39 is 0 Å². The molecule has 0 radical (unpaired) electrons. The van der Waals surface area contributed by atoms with E-state index in [4.69, 9.17) is 0 Å². The third-order valence-electron chi connectivity index (χ3n) is 2.95. The van der Waals surface area contributed by atoms with E-state index in [0.717, 1.165) is 10.4 Å². The number of aromatic nitrogens is 3. The second-order valence-corrected chi connectivity index (χ2v) is 5.31. The summed E-state index contributed by atoms with van der Waals surface area (Å²) in [6.07, 6.45) is 1.35. The topological polar surface area (TPSA) is 70.7 Å². The summed E-state index contributed by atoms with van der Waals surface area (Å²) < 4.78 is 13.1. The predicted molar refractivity (Wildman–Crippen MR) is 76.4 cm³/mol. The van der Waals surface area contributed by atoms with E-state index in [1.165, 1.54) is 29.7 Å². The second-order valence-electron chi connectivity index (χ2n) is 4.33. The first-order valence-corrected chi connectivity index (χ1v) is 7.07. The van der Waals surface area contributed by atoms with Crippen LogP contribution in [0.25, 0.3) is 0 Å². The molecule has 0 spiro atoms. The Labute approximate surface area is 123 Å². The molecule has 106 valence electrons. The molecule has 1 amide bonds. The van der Waals surface area contributed by atoms with E-state index in [0.29, 0.717) is 0 Å². The van der Waals surface area contributed by atoms with Crippen molar-refractivity contribution in [1.82, 2.24) is 20.7 Å². The monoisotopic (exact) mass is 302 g/mol. The molecule has 1 aromatic carbocycles. The summed E-state index contributed by atoms with van der Waals surface area (Å²) in [4.78, 5) is 13.1. The number of carbonyl (C=O) groups excluding carboxylic acids is 1. The first-order valence-electron chi connectivity index (χ1n) is 6.19. The highest BCUT2D eigenvalue weighted by atomic mass is 32.1. The number of H-pyrrole nitrogens is 1. The molecular formula is C14H11FN4OS. The lowest BCUT2D eigenvalue weighted by Crippen LogP contribution is -2.29. The molecule has 0 saturated carbocycles. The Morgan fingerprint density at radius 1 is 1.29 bits per heavy atom. The average Bonchev–Trinajstić information content (AvgIpc) is 3.19. The summed E-state index contributed by atoms with van der Waals surface area (Å²) >= 11 is 1.52. The maximum Gasteiger partial charge on any atom is 0.274 e. The summed E-state index contributed by atoms with van der Waals surface area (Å²) in [5, 5.41) is 14.6. The Bertz CT molecular complexity index is 710. The molecule has 0 bridgehead atoms. The van der Waals surface area contributed by atoms with Gasteiger partial charge in [0, 0.05) is 4.88 Å². The maximum atomic E-state index is 13.1. The van der Waals surface area contributed by atoms with E-state index in [9.17, 15) is 9.18 Å². The highest BCUT2D eigenvalue weighted by molar-refractivity contribution is 7.10. The van der Waals surface area contributed by atoms with E-state index in [1.807, 2.05) is 17.5 Å². The Hall–Kier alpha value is -2.54. The van der Waals surface area contributed by atoms with Crippen LogP contribution in [-0.2, 0) is 0 Å². The molecule has 0 aliphatic rings. The fourth-order valence-electron chi connectivity index (χ4n) is 1.95. The van der Waals surface area contributed by atoms with Crippen molar-refractivity contribution in [1.29, 1.82) is 0 Å². The Morgan fingerprint density at radius 2 is 2.10 bits per heavy atom. The van der Waals surface area contributed by atoms with Gasteiger partial charge in [0.2, 0.25) is 0 Å². The summed E-state index contributed by atoms with van der Waals surface area (Å²) in [5.41, 5.74) is 1.01. The minimum atomic E-state index is -0.352. The fourth-order valence-corrected chi connectivity index (χ4v) is 2.75. The summed E-state index contributed by atoms with van der Waals surface area (Å²) in [6, 6.07) is 9.53. The largest absolute Gasteiger partial charge is 0.339 e. The van der Waals surface area contributed by atoms with Crippen molar-refractivity contribution in [3.8, 4) is 0 Å². The van der Waals surface area contributed by atoms with Crippen LogP contribution in [0.4, 0.5) is 4.39 Å². The number of nitrogens with zero attached hydrogens (tertiary/aromatic N) is 2. The van der Waals surface area contributed by atoms with Crippen LogP contribution in [0.15, 0.2) is 48.0 Å². The molecule has 0 aliphatic heterocycles. The quantitative estimate of drug-likeness (QED) is 0.778. The minimum Gasteiger partial charge on any atom is -0.339 e. The molecule has 2 aromatic heterocycles. The minimum absolute atomic E-state index is 0.207. The molecule has 3 aromatic rings. The van der Waals surface area contributed by atoms with Crippen LogP contribution < -0.4 is 5.32 Å². The summed E-state index contributed by atoms with van der Waals surface area (Å²) in [7, 11) is 0. The fraction of sp³-hybridized carbons (Fsp3) is 0.0714. The van der Waals surface area contributed by atoms with Gasteiger partial charge >= 0.3 is 0 Å². The molecule has 0 aliphatic carbocycles. The van der Waals surface area contributed by atoms with Crippen LogP contribution in [0, 0.1) is 5.82 Å². The zero-order valence-electron chi connectivity index (χ0n) is 10.8.